The number of nitrogens with zero attached hydrogens (tertiary/aromatic N) is 2. The molecule has 25 heavy (non-hydrogen) atoms. The van der Waals surface area contributed by atoms with Crippen LogP contribution in [0, 0.1) is 12.1 Å². The number of rotatable bonds is 4. The number of benzene rings is 2. The van der Waals surface area contributed by atoms with Gasteiger partial charge in [0.15, 0.2) is 5.69 Å². The van der Waals surface area contributed by atoms with Gasteiger partial charge in [-0.3, -0.25) is 9.69 Å². The molecule has 1 heterocycles. The van der Waals surface area contributed by atoms with Crippen molar-refractivity contribution in [1.82, 2.24) is 0 Å². The molecule has 1 atom stereocenters. The summed E-state index contributed by atoms with van der Waals surface area (Å²) in [7, 11) is 0. The first kappa shape index (κ1) is 16.7. The second-order valence-electron chi connectivity index (χ2n) is 5.63. The zero-order valence-corrected chi connectivity index (χ0v) is 13.7. The van der Waals surface area contributed by atoms with Crippen molar-refractivity contribution in [1.29, 1.82) is 0 Å². The van der Waals surface area contributed by atoms with E-state index < -0.39 is 12.0 Å². The van der Waals surface area contributed by atoms with Crippen LogP contribution in [-0.4, -0.2) is 11.0 Å². The molecule has 3 rings (SSSR count). The summed E-state index contributed by atoms with van der Waals surface area (Å²) < 4.78 is 0.580. The standard InChI is InChI=1S/C20H18N2O3/c1-15-9-8-14-18(22(15)25)19(23)20(24)21(16-10-4-2-5-11-16)17-12-6-3-7-13-17/h2-14,19,23H,1H3. The molecule has 5 heteroatoms. The Morgan fingerprint density at radius 1 is 0.920 bits per heavy atom. The van der Waals surface area contributed by atoms with E-state index in [1.165, 1.54) is 11.0 Å². The van der Waals surface area contributed by atoms with E-state index in [-0.39, 0.29) is 5.69 Å². The average Bonchev–Trinajstić information content (AvgIpc) is 2.65. The van der Waals surface area contributed by atoms with Crippen LogP contribution in [0.1, 0.15) is 17.5 Å². The van der Waals surface area contributed by atoms with Crippen molar-refractivity contribution in [2.75, 3.05) is 4.90 Å². The molecule has 1 N–H and O–H groups in total. The number of pyridine rings is 1. The summed E-state index contributed by atoms with van der Waals surface area (Å²) in [5.74, 6) is -0.590. The first-order valence-corrected chi connectivity index (χ1v) is 7.91. The van der Waals surface area contributed by atoms with Crippen molar-refractivity contribution in [2.24, 2.45) is 0 Å². The molecule has 1 amide bonds. The van der Waals surface area contributed by atoms with Gasteiger partial charge < -0.3 is 10.3 Å². The van der Waals surface area contributed by atoms with E-state index in [1.54, 1.807) is 43.3 Å². The summed E-state index contributed by atoms with van der Waals surface area (Å²) in [5.41, 5.74) is 1.64. The van der Waals surface area contributed by atoms with Crippen molar-refractivity contribution in [2.45, 2.75) is 13.0 Å². The van der Waals surface area contributed by atoms with Crippen LogP contribution in [0.15, 0.2) is 78.9 Å². The third kappa shape index (κ3) is 3.36. The van der Waals surface area contributed by atoms with E-state index in [0.29, 0.717) is 21.8 Å². The van der Waals surface area contributed by atoms with Crippen LogP contribution in [0.4, 0.5) is 11.4 Å². The first-order valence-electron chi connectivity index (χ1n) is 7.91. The Morgan fingerprint density at radius 2 is 1.44 bits per heavy atom. The molecule has 126 valence electrons. The van der Waals surface area contributed by atoms with Gasteiger partial charge in [-0.05, 0) is 30.3 Å². The summed E-state index contributed by atoms with van der Waals surface area (Å²) in [6, 6.07) is 22.8. The normalized spacial score (nSPS) is 11.8. The smallest absolute Gasteiger partial charge is 0.271 e. The molecule has 0 bridgehead atoms. The maximum Gasteiger partial charge on any atom is 0.271 e. The van der Waals surface area contributed by atoms with E-state index in [9.17, 15) is 15.1 Å². The Kier molecular flexibility index (Phi) is 4.77. The molecular formula is C20H18N2O3. The third-order valence-corrected chi connectivity index (χ3v) is 3.92. The number of carbonyl (C=O) groups excluding carboxylic acids is 1. The monoisotopic (exact) mass is 334 g/mol. The van der Waals surface area contributed by atoms with Gasteiger partial charge in [-0.2, -0.15) is 4.73 Å². The molecule has 0 saturated carbocycles. The number of aryl methyl sites for hydroxylation is 1. The number of aliphatic hydroxyl groups is 1. The lowest BCUT2D eigenvalue weighted by atomic mass is 10.1. The molecule has 0 aliphatic carbocycles. The Morgan fingerprint density at radius 3 is 1.96 bits per heavy atom. The van der Waals surface area contributed by atoms with E-state index in [1.807, 2.05) is 36.4 Å². The molecular weight excluding hydrogens is 316 g/mol. The topological polar surface area (TPSA) is 67.5 Å². The third-order valence-electron chi connectivity index (χ3n) is 3.92. The van der Waals surface area contributed by atoms with Crippen LogP contribution >= 0.6 is 0 Å². The molecule has 1 unspecified atom stereocenters. The van der Waals surface area contributed by atoms with E-state index in [0.717, 1.165) is 0 Å². The van der Waals surface area contributed by atoms with Crippen molar-refractivity contribution in [3.8, 4) is 0 Å². The molecule has 0 radical (unpaired) electrons. The van der Waals surface area contributed by atoms with E-state index in [4.69, 9.17) is 0 Å². The van der Waals surface area contributed by atoms with Gasteiger partial charge in [0.2, 0.25) is 11.8 Å². The minimum atomic E-state index is -1.57. The number of para-hydroxylation sites is 2. The van der Waals surface area contributed by atoms with Gasteiger partial charge in [-0.1, -0.05) is 36.4 Å². The molecule has 0 saturated heterocycles. The highest BCUT2D eigenvalue weighted by atomic mass is 16.5. The molecule has 0 fully saturated rings. The molecule has 0 spiro atoms. The van der Waals surface area contributed by atoms with Gasteiger partial charge in [-0.15, -0.1) is 0 Å². The largest absolute Gasteiger partial charge is 0.618 e. The average molecular weight is 334 g/mol. The number of amides is 1. The zero-order valence-electron chi connectivity index (χ0n) is 13.7. The summed E-state index contributed by atoms with van der Waals surface area (Å²) in [4.78, 5) is 14.4. The van der Waals surface area contributed by atoms with Crippen LogP contribution in [0.3, 0.4) is 0 Å². The van der Waals surface area contributed by atoms with E-state index in [2.05, 4.69) is 0 Å². The summed E-state index contributed by atoms with van der Waals surface area (Å²) in [6.45, 7) is 1.62. The summed E-state index contributed by atoms with van der Waals surface area (Å²) >= 11 is 0. The lowest BCUT2D eigenvalue weighted by Gasteiger charge is -2.25. The lowest BCUT2D eigenvalue weighted by Crippen LogP contribution is -2.41. The van der Waals surface area contributed by atoms with Gasteiger partial charge >= 0.3 is 0 Å². The highest BCUT2D eigenvalue weighted by molar-refractivity contribution is 6.03. The minimum absolute atomic E-state index is 0.00172. The maximum absolute atomic E-state index is 13.0. The molecule has 0 aliphatic heterocycles. The predicted octanol–water partition coefficient (Wildman–Crippen LogP) is 3.03. The lowest BCUT2D eigenvalue weighted by molar-refractivity contribution is -0.624. The van der Waals surface area contributed by atoms with Crippen molar-refractivity contribution < 1.29 is 14.6 Å². The van der Waals surface area contributed by atoms with E-state index >= 15 is 0 Å². The van der Waals surface area contributed by atoms with Gasteiger partial charge in [0, 0.05) is 30.4 Å². The second kappa shape index (κ2) is 7.15. The number of aromatic nitrogens is 1. The fourth-order valence-corrected chi connectivity index (χ4v) is 2.63. The Hall–Kier alpha value is -3.18. The number of hydrogen-bond donors (Lipinski definition) is 1. The SMILES string of the molecule is Cc1cccc(C(O)C(=O)N(c2ccccc2)c2ccccc2)[n+]1[O-]. The number of carbonyl (C=O) groups is 1. The van der Waals surface area contributed by atoms with Crippen molar-refractivity contribution >= 4 is 17.3 Å². The number of aliphatic hydroxyl groups excluding tert-OH is 1. The maximum atomic E-state index is 13.0. The highest BCUT2D eigenvalue weighted by Crippen LogP contribution is 2.28. The number of hydrogen-bond acceptors (Lipinski definition) is 3. The van der Waals surface area contributed by atoms with Crippen LogP contribution in [0.25, 0.3) is 0 Å². The minimum Gasteiger partial charge on any atom is -0.618 e. The quantitative estimate of drug-likeness (QED) is 0.589. The predicted molar refractivity (Wildman–Crippen MR) is 95.1 cm³/mol. The van der Waals surface area contributed by atoms with Gasteiger partial charge in [0.05, 0.1) is 0 Å². The fourth-order valence-electron chi connectivity index (χ4n) is 2.63. The van der Waals surface area contributed by atoms with Gasteiger partial charge in [-0.25, -0.2) is 0 Å². The molecule has 5 nitrogen and oxygen atoms in total. The number of anilines is 2. The Balaban J connectivity index is 2.04. The van der Waals surface area contributed by atoms with Crippen LogP contribution in [-0.2, 0) is 4.79 Å². The van der Waals surface area contributed by atoms with Crippen molar-refractivity contribution in [3.63, 3.8) is 0 Å². The summed E-state index contributed by atoms with van der Waals surface area (Å²) in [6.07, 6.45) is -1.57. The van der Waals surface area contributed by atoms with Crippen LogP contribution in [0.5, 0.6) is 0 Å². The van der Waals surface area contributed by atoms with Gasteiger partial charge in [0.1, 0.15) is 0 Å². The van der Waals surface area contributed by atoms with Crippen LogP contribution in [0.2, 0.25) is 0 Å². The molecule has 1 aromatic heterocycles. The van der Waals surface area contributed by atoms with Crippen molar-refractivity contribution in [3.05, 3.63) is 95.5 Å². The second-order valence-corrected chi connectivity index (χ2v) is 5.63. The Labute approximate surface area is 146 Å². The zero-order chi connectivity index (χ0) is 17.8. The molecule has 3 aromatic rings. The molecule has 0 aliphatic rings. The Bertz CT molecular complexity index is 827. The fraction of sp³-hybridized carbons (Fsp3) is 0.100. The highest BCUT2D eigenvalue weighted by Gasteiger charge is 2.31. The molecule has 2 aromatic carbocycles. The summed E-state index contributed by atoms with van der Waals surface area (Å²) in [5, 5.41) is 22.8. The van der Waals surface area contributed by atoms with Gasteiger partial charge in [0.25, 0.3) is 5.91 Å². The first-order chi connectivity index (χ1) is 12.1. The van der Waals surface area contributed by atoms with Crippen LogP contribution < -0.4 is 9.63 Å².